The predicted molar refractivity (Wildman–Crippen MR) is 35.5 cm³/mol. The molecule has 1 aliphatic heterocycles. The van der Waals surface area contributed by atoms with E-state index in [4.69, 9.17) is 9.47 Å². The molecule has 9 heavy (non-hydrogen) atoms. The van der Waals surface area contributed by atoms with Crippen LogP contribution in [0.4, 0.5) is 0 Å². The standard InChI is InChI=1S/C7H14O2/c1-2-3-4-9-7-5-8-6-7/h7H,2-6H2,1H3. The van der Waals surface area contributed by atoms with Gasteiger partial charge in [0.25, 0.3) is 0 Å². The quantitative estimate of drug-likeness (QED) is 0.532. The third-order valence-corrected chi connectivity index (χ3v) is 1.46. The summed E-state index contributed by atoms with van der Waals surface area (Å²) in [6.07, 6.45) is 2.81. The zero-order valence-corrected chi connectivity index (χ0v) is 5.93. The van der Waals surface area contributed by atoms with Crippen molar-refractivity contribution in [3.05, 3.63) is 0 Å². The van der Waals surface area contributed by atoms with Gasteiger partial charge in [0.1, 0.15) is 6.10 Å². The van der Waals surface area contributed by atoms with E-state index in [0.717, 1.165) is 19.8 Å². The average Bonchev–Trinajstić information content (AvgIpc) is 1.76. The number of hydrogen-bond acceptors (Lipinski definition) is 2. The molecule has 0 aromatic heterocycles. The molecule has 0 aromatic rings. The van der Waals surface area contributed by atoms with Crippen molar-refractivity contribution in [1.29, 1.82) is 0 Å². The maximum atomic E-state index is 5.39. The smallest absolute Gasteiger partial charge is 0.104 e. The molecule has 1 fully saturated rings. The van der Waals surface area contributed by atoms with Gasteiger partial charge in [-0.2, -0.15) is 0 Å². The molecule has 2 heteroatoms. The number of unbranched alkanes of at least 4 members (excludes halogenated alkanes) is 1. The molecule has 0 unspecified atom stereocenters. The molecule has 0 N–H and O–H groups in total. The summed E-state index contributed by atoms with van der Waals surface area (Å²) in [6, 6.07) is 0. The van der Waals surface area contributed by atoms with Crippen molar-refractivity contribution in [2.75, 3.05) is 19.8 Å². The van der Waals surface area contributed by atoms with Crippen LogP contribution in [0.3, 0.4) is 0 Å². The summed E-state index contributed by atoms with van der Waals surface area (Å²) in [5.41, 5.74) is 0. The Labute approximate surface area is 56.2 Å². The molecule has 1 aliphatic rings. The average molecular weight is 130 g/mol. The van der Waals surface area contributed by atoms with Crippen molar-refractivity contribution in [2.24, 2.45) is 0 Å². The third-order valence-electron chi connectivity index (χ3n) is 1.46. The van der Waals surface area contributed by atoms with Crippen molar-refractivity contribution in [3.63, 3.8) is 0 Å². The van der Waals surface area contributed by atoms with E-state index in [9.17, 15) is 0 Å². The van der Waals surface area contributed by atoms with E-state index >= 15 is 0 Å². The van der Waals surface area contributed by atoms with Crippen molar-refractivity contribution in [3.8, 4) is 0 Å². The van der Waals surface area contributed by atoms with Crippen LogP contribution in [-0.2, 0) is 9.47 Å². The highest BCUT2D eigenvalue weighted by Crippen LogP contribution is 2.05. The Morgan fingerprint density at radius 3 is 2.78 bits per heavy atom. The van der Waals surface area contributed by atoms with Gasteiger partial charge in [-0.1, -0.05) is 13.3 Å². The monoisotopic (exact) mass is 130 g/mol. The lowest BCUT2D eigenvalue weighted by Crippen LogP contribution is -2.36. The second kappa shape index (κ2) is 3.85. The van der Waals surface area contributed by atoms with Crippen LogP contribution in [0, 0.1) is 0 Å². The fraction of sp³-hybridized carbons (Fsp3) is 1.00. The van der Waals surface area contributed by atoms with Crippen molar-refractivity contribution in [1.82, 2.24) is 0 Å². The Balaban J connectivity index is 1.80. The Hall–Kier alpha value is -0.0800. The van der Waals surface area contributed by atoms with Crippen molar-refractivity contribution >= 4 is 0 Å². The zero-order chi connectivity index (χ0) is 6.53. The molecule has 0 aromatic carbocycles. The summed E-state index contributed by atoms with van der Waals surface area (Å²) in [4.78, 5) is 0. The molecule has 1 rings (SSSR count). The van der Waals surface area contributed by atoms with Crippen LogP contribution < -0.4 is 0 Å². The van der Waals surface area contributed by atoms with E-state index in [1.165, 1.54) is 12.8 Å². The van der Waals surface area contributed by atoms with Gasteiger partial charge in [-0.25, -0.2) is 0 Å². The van der Waals surface area contributed by atoms with Gasteiger partial charge in [-0.3, -0.25) is 0 Å². The molecule has 0 spiro atoms. The molecular formula is C7H14O2. The highest BCUT2D eigenvalue weighted by atomic mass is 16.6. The number of rotatable bonds is 4. The first kappa shape index (κ1) is 7.03. The van der Waals surface area contributed by atoms with E-state index in [2.05, 4.69) is 6.92 Å². The minimum Gasteiger partial charge on any atom is -0.376 e. The second-order valence-corrected chi connectivity index (χ2v) is 2.38. The van der Waals surface area contributed by atoms with E-state index in [-0.39, 0.29) is 0 Å². The van der Waals surface area contributed by atoms with Crippen LogP contribution in [0.15, 0.2) is 0 Å². The van der Waals surface area contributed by atoms with Crippen LogP contribution >= 0.6 is 0 Å². The minimum atomic E-state index is 0.413. The summed E-state index contributed by atoms with van der Waals surface area (Å²) in [5, 5.41) is 0. The Bertz CT molecular complexity index is 69.3. The van der Waals surface area contributed by atoms with Crippen molar-refractivity contribution < 1.29 is 9.47 Å². The van der Waals surface area contributed by atoms with Crippen molar-refractivity contribution in [2.45, 2.75) is 25.9 Å². The summed E-state index contributed by atoms with van der Waals surface area (Å²) in [7, 11) is 0. The highest BCUT2D eigenvalue weighted by molar-refractivity contribution is 4.63. The summed E-state index contributed by atoms with van der Waals surface area (Å²) < 4.78 is 10.3. The molecule has 1 saturated heterocycles. The fourth-order valence-corrected chi connectivity index (χ4v) is 0.705. The van der Waals surface area contributed by atoms with Gasteiger partial charge in [0.05, 0.1) is 13.2 Å². The van der Waals surface area contributed by atoms with Gasteiger partial charge in [0.2, 0.25) is 0 Å². The van der Waals surface area contributed by atoms with Crippen LogP contribution in [0.25, 0.3) is 0 Å². The maximum Gasteiger partial charge on any atom is 0.104 e. The summed E-state index contributed by atoms with van der Waals surface area (Å²) in [6.45, 7) is 4.69. The topological polar surface area (TPSA) is 18.5 Å². The van der Waals surface area contributed by atoms with Gasteiger partial charge in [-0.15, -0.1) is 0 Å². The summed E-state index contributed by atoms with van der Waals surface area (Å²) in [5.74, 6) is 0. The lowest BCUT2D eigenvalue weighted by Gasteiger charge is -2.25. The molecule has 1 heterocycles. The Morgan fingerprint density at radius 2 is 2.33 bits per heavy atom. The van der Waals surface area contributed by atoms with E-state index in [1.807, 2.05) is 0 Å². The van der Waals surface area contributed by atoms with Gasteiger partial charge in [0.15, 0.2) is 0 Å². The molecule has 54 valence electrons. The number of ether oxygens (including phenoxy) is 2. The first-order chi connectivity index (χ1) is 4.43. The first-order valence-corrected chi connectivity index (χ1v) is 3.63. The van der Waals surface area contributed by atoms with Gasteiger partial charge < -0.3 is 9.47 Å². The van der Waals surface area contributed by atoms with Gasteiger partial charge in [0, 0.05) is 6.61 Å². The fourth-order valence-electron chi connectivity index (χ4n) is 0.705. The zero-order valence-electron chi connectivity index (χ0n) is 5.93. The molecule has 0 bridgehead atoms. The molecule has 0 atom stereocenters. The summed E-state index contributed by atoms with van der Waals surface area (Å²) >= 11 is 0. The second-order valence-electron chi connectivity index (χ2n) is 2.38. The molecule has 0 aliphatic carbocycles. The normalized spacial score (nSPS) is 19.7. The first-order valence-electron chi connectivity index (χ1n) is 3.63. The lowest BCUT2D eigenvalue weighted by molar-refractivity contribution is -0.129. The van der Waals surface area contributed by atoms with E-state index < -0.39 is 0 Å². The van der Waals surface area contributed by atoms with Crippen LogP contribution in [0.1, 0.15) is 19.8 Å². The lowest BCUT2D eigenvalue weighted by atomic mass is 10.3. The van der Waals surface area contributed by atoms with Gasteiger partial charge in [-0.05, 0) is 6.42 Å². The number of hydrogen-bond donors (Lipinski definition) is 0. The van der Waals surface area contributed by atoms with E-state index in [1.54, 1.807) is 0 Å². The van der Waals surface area contributed by atoms with Crippen LogP contribution in [-0.4, -0.2) is 25.9 Å². The van der Waals surface area contributed by atoms with E-state index in [0.29, 0.717) is 6.10 Å². The van der Waals surface area contributed by atoms with Gasteiger partial charge >= 0.3 is 0 Å². The molecule has 0 radical (unpaired) electrons. The highest BCUT2D eigenvalue weighted by Gasteiger charge is 2.17. The predicted octanol–water partition coefficient (Wildman–Crippen LogP) is 1.20. The largest absolute Gasteiger partial charge is 0.376 e. The molecule has 0 saturated carbocycles. The van der Waals surface area contributed by atoms with Crippen LogP contribution in [0.2, 0.25) is 0 Å². The SMILES string of the molecule is CCCCOC1COC1. The Kier molecular flexibility index (Phi) is 3.01. The maximum absolute atomic E-state index is 5.39. The molecular weight excluding hydrogens is 116 g/mol. The minimum absolute atomic E-state index is 0.413. The third kappa shape index (κ3) is 2.33. The Morgan fingerprint density at radius 1 is 1.56 bits per heavy atom. The molecule has 2 nitrogen and oxygen atoms in total. The van der Waals surface area contributed by atoms with Crippen LogP contribution in [0.5, 0.6) is 0 Å². The molecule has 0 amide bonds.